The van der Waals surface area contributed by atoms with E-state index in [1.165, 1.54) is 6.07 Å². The number of Topliss-reactive ketones (excluding diaryl/α,β-unsaturated/α-hetero) is 1. The molecule has 0 saturated carbocycles. The standard InChI is InChI=1S/C15H10ClNO2/c16-13-7-6-12(9-17)15(8-13)19-10-14(18)11-4-2-1-3-5-11/h1-8H,10H2. The molecular formula is C15H10ClNO2. The molecule has 19 heavy (non-hydrogen) atoms. The van der Waals surface area contributed by atoms with Gasteiger partial charge in [-0.2, -0.15) is 5.26 Å². The average Bonchev–Trinajstić information content (AvgIpc) is 2.46. The summed E-state index contributed by atoms with van der Waals surface area (Å²) in [5.41, 5.74) is 0.924. The Morgan fingerprint density at radius 1 is 1.21 bits per heavy atom. The number of rotatable bonds is 4. The molecule has 0 bridgehead atoms. The Kier molecular flexibility index (Phi) is 4.17. The highest BCUT2D eigenvalue weighted by molar-refractivity contribution is 6.30. The quantitative estimate of drug-likeness (QED) is 0.800. The molecule has 0 aromatic heterocycles. The first-order valence-electron chi connectivity index (χ1n) is 5.61. The number of hydrogen-bond acceptors (Lipinski definition) is 3. The third-order valence-corrected chi connectivity index (χ3v) is 2.75. The van der Waals surface area contributed by atoms with Gasteiger partial charge in [-0.25, -0.2) is 0 Å². The van der Waals surface area contributed by atoms with Crippen molar-refractivity contribution in [3.05, 3.63) is 64.7 Å². The minimum absolute atomic E-state index is 0.126. The van der Waals surface area contributed by atoms with Gasteiger partial charge in [-0.15, -0.1) is 0 Å². The minimum atomic E-state index is -0.149. The SMILES string of the molecule is N#Cc1ccc(Cl)cc1OCC(=O)c1ccccc1. The van der Waals surface area contributed by atoms with E-state index in [9.17, 15) is 4.79 Å². The monoisotopic (exact) mass is 271 g/mol. The Hall–Kier alpha value is -2.31. The van der Waals surface area contributed by atoms with Gasteiger partial charge in [0.25, 0.3) is 0 Å². The Bertz CT molecular complexity index is 632. The van der Waals surface area contributed by atoms with E-state index in [0.717, 1.165) is 0 Å². The number of nitrogens with zero attached hydrogens (tertiary/aromatic N) is 1. The second-order valence-electron chi connectivity index (χ2n) is 3.83. The summed E-state index contributed by atoms with van der Waals surface area (Å²) in [6, 6.07) is 15.5. The largest absolute Gasteiger partial charge is 0.484 e. The topological polar surface area (TPSA) is 50.1 Å². The lowest BCUT2D eigenvalue weighted by Gasteiger charge is -2.07. The van der Waals surface area contributed by atoms with E-state index in [4.69, 9.17) is 21.6 Å². The number of ether oxygens (including phenoxy) is 1. The average molecular weight is 272 g/mol. The Morgan fingerprint density at radius 3 is 2.63 bits per heavy atom. The summed E-state index contributed by atoms with van der Waals surface area (Å²) in [6.07, 6.45) is 0. The van der Waals surface area contributed by atoms with Gasteiger partial charge in [0.1, 0.15) is 11.8 Å². The molecule has 0 saturated heterocycles. The molecule has 0 fully saturated rings. The lowest BCUT2D eigenvalue weighted by molar-refractivity contribution is 0.0921. The molecule has 0 aliphatic heterocycles. The van der Waals surface area contributed by atoms with E-state index in [2.05, 4.69) is 0 Å². The fourth-order valence-corrected chi connectivity index (χ4v) is 1.72. The molecule has 94 valence electrons. The van der Waals surface area contributed by atoms with E-state index in [0.29, 0.717) is 21.9 Å². The minimum Gasteiger partial charge on any atom is -0.484 e. The smallest absolute Gasteiger partial charge is 0.200 e. The molecule has 3 nitrogen and oxygen atoms in total. The molecule has 2 aromatic carbocycles. The van der Waals surface area contributed by atoms with Crippen LogP contribution in [0.5, 0.6) is 5.75 Å². The van der Waals surface area contributed by atoms with Gasteiger partial charge in [0, 0.05) is 16.7 Å². The molecule has 0 spiro atoms. The fraction of sp³-hybridized carbons (Fsp3) is 0.0667. The van der Waals surface area contributed by atoms with E-state index in [1.54, 1.807) is 36.4 Å². The molecule has 0 N–H and O–H groups in total. The van der Waals surface area contributed by atoms with Crippen LogP contribution in [0.15, 0.2) is 48.5 Å². The van der Waals surface area contributed by atoms with Crippen LogP contribution >= 0.6 is 11.6 Å². The second kappa shape index (κ2) is 6.03. The molecule has 0 aliphatic carbocycles. The van der Waals surface area contributed by atoms with Gasteiger partial charge in [-0.1, -0.05) is 41.9 Å². The van der Waals surface area contributed by atoms with Gasteiger partial charge < -0.3 is 4.74 Å². The summed E-state index contributed by atoms with van der Waals surface area (Å²) in [4.78, 5) is 11.9. The van der Waals surface area contributed by atoms with E-state index in [1.807, 2.05) is 12.1 Å². The molecule has 2 rings (SSSR count). The first kappa shape index (κ1) is 13.1. The highest BCUT2D eigenvalue weighted by atomic mass is 35.5. The summed E-state index contributed by atoms with van der Waals surface area (Å²) in [5, 5.41) is 9.39. The van der Waals surface area contributed by atoms with Crippen molar-refractivity contribution >= 4 is 17.4 Å². The summed E-state index contributed by atoms with van der Waals surface area (Å²) >= 11 is 5.83. The highest BCUT2D eigenvalue weighted by Crippen LogP contribution is 2.22. The summed E-state index contributed by atoms with van der Waals surface area (Å²) in [7, 11) is 0. The third kappa shape index (κ3) is 3.34. The van der Waals surface area contributed by atoms with Gasteiger partial charge >= 0.3 is 0 Å². The highest BCUT2D eigenvalue weighted by Gasteiger charge is 2.09. The van der Waals surface area contributed by atoms with Gasteiger partial charge in [0.2, 0.25) is 0 Å². The van der Waals surface area contributed by atoms with Crippen LogP contribution in [-0.2, 0) is 0 Å². The Balaban J connectivity index is 2.09. The molecular weight excluding hydrogens is 262 g/mol. The van der Waals surface area contributed by atoms with Crippen molar-refractivity contribution in [1.82, 2.24) is 0 Å². The van der Waals surface area contributed by atoms with Crippen LogP contribution in [0.1, 0.15) is 15.9 Å². The zero-order valence-electron chi connectivity index (χ0n) is 9.97. The second-order valence-corrected chi connectivity index (χ2v) is 4.27. The van der Waals surface area contributed by atoms with Crippen molar-refractivity contribution in [3.63, 3.8) is 0 Å². The van der Waals surface area contributed by atoms with Crippen molar-refractivity contribution in [3.8, 4) is 11.8 Å². The zero-order chi connectivity index (χ0) is 13.7. The van der Waals surface area contributed by atoms with Gasteiger partial charge in [-0.3, -0.25) is 4.79 Å². The van der Waals surface area contributed by atoms with Crippen LogP contribution in [-0.4, -0.2) is 12.4 Å². The molecule has 2 aromatic rings. The maximum Gasteiger partial charge on any atom is 0.200 e. The predicted molar refractivity (Wildman–Crippen MR) is 72.4 cm³/mol. The summed E-state index contributed by atoms with van der Waals surface area (Å²) in [6.45, 7) is -0.126. The molecule has 0 radical (unpaired) electrons. The molecule has 0 amide bonds. The molecule has 0 heterocycles. The van der Waals surface area contributed by atoms with Crippen molar-refractivity contribution in [2.24, 2.45) is 0 Å². The fourth-order valence-electron chi connectivity index (χ4n) is 1.56. The van der Waals surface area contributed by atoms with Crippen molar-refractivity contribution in [2.75, 3.05) is 6.61 Å². The van der Waals surface area contributed by atoms with Crippen LogP contribution in [0.25, 0.3) is 0 Å². The van der Waals surface area contributed by atoms with Crippen LogP contribution < -0.4 is 4.74 Å². The van der Waals surface area contributed by atoms with E-state index >= 15 is 0 Å². The lowest BCUT2D eigenvalue weighted by Crippen LogP contribution is -2.12. The van der Waals surface area contributed by atoms with Gasteiger partial charge in [-0.05, 0) is 12.1 Å². The van der Waals surface area contributed by atoms with Crippen molar-refractivity contribution in [1.29, 1.82) is 5.26 Å². The summed E-state index contributed by atoms with van der Waals surface area (Å²) in [5.74, 6) is 0.170. The number of halogens is 1. The van der Waals surface area contributed by atoms with E-state index < -0.39 is 0 Å². The van der Waals surface area contributed by atoms with Crippen LogP contribution in [0.3, 0.4) is 0 Å². The maximum atomic E-state index is 11.9. The Labute approximate surface area is 116 Å². The van der Waals surface area contributed by atoms with Crippen LogP contribution in [0, 0.1) is 11.3 Å². The van der Waals surface area contributed by atoms with Gasteiger partial charge in [0.15, 0.2) is 12.4 Å². The van der Waals surface area contributed by atoms with Crippen molar-refractivity contribution < 1.29 is 9.53 Å². The Morgan fingerprint density at radius 2 is 1.95 bits per heavy atom. The number of ketones is 1. The van der Waals surface area contributed by atoms with Crippen molar-refractivity contribution in [2.45, 2.75) is 0 Å². The predicted octanol–water partition coefficient (Wildman–Crippen LogP) is 3.47. The molecule has 0 unspecified atom stereocenters. The zero-order valence-corrected chi connectivity index (χ0v) is 10.7. The van der Waals surface area contributed by atoms with Gasteiger partial charge in [0.05, 0.1) is 5.56 Å². The molecule has 0 atom stereocenters. The molecule has 4 heteroatoms. The number of carbonyl (C=O) groups excluding carboxylic acids is 1. The molecule has 0 aliphatic rings. The van der Waals surface area contributed by atoms with E-state index in [-0.39, 0.29) is 12.4 Å². The summed E-state index contributed by atoms with van der Waals surface area (Å²) < 4.78 is 5.37. The normalized spacial score (nSPS) is 9.68. The lowest BCUT2D eigenvalue weighted by atomic mass is 10.1. The maximum absolute atomic E-state index is 11.9. The van der Waals surface area contributed by atoms with Crippen LogP contribution in [0.2, 0.25) is 5.02 Å². The number of carbonyl (C=O) groups is 1. The third-order valence-electron chi connectivity index (χ3n) is 2.52. The number of hydrogen-bond donors (Lipinski definition) is 0. The number of nitriles is 1. The van der Waals surface area contributed by atoms with Crippen LogP contribution in [0.4, 0.5) is 0 Å². The first-order chi connectivity index (χ1) is 9.20. The number of benzene rings is 2. The first-order valence-corrected chi connectivity index (χ1v) is 5.99.